The van der Waals surface area contributed by atoms with Crippen molar-refractivity contribution >= 4 is 12.3 Å². The maximum absolute atomic E-state index is 13.7. The predicted molar refractivity (Wildman–Crippen MR) is 69.6 cm³/mol. The lowest BCUT2D eigenvalue weighted by Gasteiger charge is -2.29. The van der Waals surface area contributed by atoms with Gasteiger partial charge in [-0.05, 0) is 30.0 Å². The average molecular weight is 336 g/mol. The van der Waals surface area contributed by atoms with Crippen molar-refractivity contribution in [2.45, 2.75) is 24.6 Å². The van der Waals surface area contributed by atoms with Gasteiger partial charge in [0.1, 0.15) is 30.0 Å². The van der Waals surface area contributed by atoms with Gasteiger partial charge in [-0.25, -0.2) is 13.6 Å². The minimum Gasteiger partial charge on any atom is -0.322 e. The average Bonchev–Trinajstić information content (AvgIpc) is 2.76. The molecule has 0 radical (unpaired) electrons. The fraction of sp³-hybridized carbons (Fsp3) is 0.429. The van der Waals surface area contributed by atoms with E-state index in [9.17, 15) is 31.5 Å². The van der Waals surface area contributed by atoms with Gasteiger partial charge in [-0.15, -0.1) is 0 Å². The number of fused-ring (bicyclic) bond motifs is 1. The number of halogens is 5. The van der Waals surface area contributed by atoms with Crippen molar-refractivity contribution in [3.05, 3.63) is 34.9 Å². The van der Waals surface area contributed by atoms with E-state index in [1.807, 2.05) is 0 Å². The standard InChI is InChI=1S/C14H13F5N2O2/c1-21(6-14(17,18)19)12(23)20-13(7-22)3-2-9-10(13)4-8(15)5-11(9)16/h4-5,7H,2-3,6H2,1H3,(H,20,23). The summed E-state index contributed by atoms with van der Waals surface area (Å²) in [7, 11) is 0.906. The molecule has 0 bridgehead atoms. The number of nitrogens with one attached hydrogen (secondary N) is 1. The van der Waals surface area contributed by atoms with Crippen LogP contribution in [-0.2, 0) is 16.8 Å². The highest BCUT2D eigenvalue weighted by Gasteiger charge is 2.43. The summed E-state index contributed by atoms with van der Waals surface area (Å²) in [5.41, 5.74) is -1.74. The van der Waals surface area contributed by atoms with E-state index in [4.69, 9.17) is 0 Å². The first-order valence-corrected chi connectivity index (χ1v) is 6.63. The SMILES string of the molecule is CN(CC(F)(F)F)C(=O)NC1(C=O)CCc2c(F)cc(F)cc21. The molecule has 1 aromatic carbocycles. The summed E-state index contributed by atoms with van der Waals surface area (Å²) in [6, 6.07) is 0.396. The molecule has 9 heteroatoms. The Morgan fingerprint density at radius 3 is 2.61 bits per heavy atom. The molecule has 2 amide bonds. The first-order valence-electron chi connectivity index (χ1n) is 6.63. The molecule has 0 spiro atoms. The number of aldehydes is 1. The van der Waals surface area contributed by atoms with Gasteiger partial charge in [-0.1, -0.05) is 0 Å². The molecule has 2 rings (SSSR count). The number of rotatable bonds is 3. The first kappa shape index (κ1) is 17.2. The molecule has 0 fully saturated rings. The smallest absolute Gasteiger partial charge is 0.322 e. The third-order valence-corrected chi connectivity index (χ3v) is 3.70. The number of carbonyl (C=O) groups excluding carboxylic acids is 2. The predicted octanol–water partition coefficient (Wildman–Crippen LogP) is 2.51. The number of urea groups is 1. The lowest BCUT2D eigenvalue weighted by atomic mass is 9.93. The zero-order valence-corrected chi connectivity index (χ0v) is 12.0. The number of nitrogens with zero attached hydrogens (tertiary/aromatic N) is 1. The number of carbonyl (C=O) groups is 2. The number of hydrogen-bond donors (Lipinski definition) is 1. The van der Waals surface area contributed by atoms with Crippen molar-refractivity contribution in [3.8, 4) is 0 Å². The van der Waals surface area contributed by atoms with Crippen LogP contribution in [-0.4, -0.2) is 37.0 Å². The number of hydrogen-bond acceptors (Lipinski definition) is 2. The molecule has 0 aliphatic heterocycles. The Labute approximate surface area is 128 Å². The maximum atomic E-state index is 13.7. The Morgan fingerprint density at radius 2 is 2.04 bits per heavy atom. The third-order valence-electron chi connectivity index (χ3n) is 3.70. The lowest BCUT2D eigenvalue weighted by Crippen LogP contribution is -2.52. The van der Waals surface area contributed by atoms with Gasteiger partial charge in [0.05, 0.1) is 0 Å². The third kappa shape index (κ3) is 3.43. The molecule has 0 aromatic heterocycles. The van der Waals surface area contributed by atoms with Crippen LogP contribution in [0.2, 0.25) is 0 Å². The van der Waals surface area contributed by atoms with E-state index in [2.05, 4.69) is 5.32 Å². The molecule has 23 heavy (non-hydrogen) atoms. The van der Waals surface area contributed by atoms with Gasteiger partial charge in [-0.3, -0.25) is 0 Å². The largest absolute Gasteiger partial charge is 0.406 e. The van der Waals surface area contributed by atoms with Gasteiger partial charge in [0.25, 0.3) is 0 Å². The normalized spacial score (nSPS) is 20.1. The fourth-order valence-corrected chi connectivity index (χ4v) is 2.62. The summed E-state index contributed by atoms with van der Waals surface area (Å²) in [5, 5.41) is 2.16. The molecule has 1 aliphatic rings. The van der Waals surface area contributed by atoms with Crippen LogP contribution in [0.5, 0.6) is 0 Å². The van der Waals surface area contributed by atoms with Gasteiger partial charge >= 0.3 is 12.2 Å². The maximum Gasteiger partial charge on any atom is 0.406 e. The highest BCUT2D eigenvalue weighted by molar-refractivity contribution is 5.82. The molecule has 126 valence electrons. The molecule has 4 nitrogen and oxygen atoms in total. The number of benzene rings is 1. The van der Waals surface area contributed by atoms with Crippen LogP contribution in [0.15, 0.2) is 12.1 Å². The molecule has 0 heterocycles. The van der Waals surface area contributed by atoms with Crippen LogP contribution < -0.4 is 5.32 Å². The van der Waals surface area contributed by atoms with Crippen molar-refractivity contribution < 1.29 is 31.5 Å². The molecular weight excluding hydrogens is 323 g/mol. The summed E-state index contributed by atoms with van der Waals surface area (Å²) >= 11 is 0. The van der Waals surface area contributed by atoms with Crippen molar-refractivity contribution in [2.75, 3.05) is 13.6 Å². The molecule has 1 N–H and O–H groups in total. The van der Waals surface area contributed by atoms with Crippen LogP contribution in [0, 0.1) is 11.6 Å². The summed E-state index contributed by atoms with van der Waals surface area (Å²) in [6.07, 6.45) is -4.31. The van der Waals surface area contributed by atoms with E-state index < -0.39 is 35.9 Å². The molecular formula is C14H13F5N2O2. The summed E-state index contributed by atoms with van der Waals surface area (Å²) in [5.74, 6) is -1.80. The highest BCUT2D eigenvalue weighted by Crippen LogP contribution is 2.37. The second-order valence-electron chi connectivity index (χ2n) is 5.40. The Morgan fingerprint density at radius 1 is 1.39 bits per heavy atom. The van der Waals surface area contributed by atoms with E-state index in [1.54, 1.807) is 0 Å². The Bertz CT molecular complexity index is 647. The Balaban J connectivity index is 2.29. The lowest BCUT2D eigenvalue weighted by molar-refractivity contribution is -0.137. The van der Waals surface area contributed by atoms with E-state index >= 15 is 0 Å². The van der Waals surface area contributed by atoms with Gasteiger partial charge < -0.3 is 15.0 Å². The molecule has 0 saturated carbocycles. The zero-order chi connectivity index (χ0) is 17.4. The molecule has 0 saturated heterocycles. The number of amides is 2. The minimum atomic E-state index is -4.60. The molecule has 1 atom stereocenters. The topological polar surface area (TPSA) is 49.4 Å². The van der Waals surface area contributed by atoms with Crippen molar-refractivity contribution in [1.82, 2.24) is 10.2 Å². The van der Waals surface area contributed by atoms with Crippen LogP contribution in [0.3, 0.4) is 0 Å². The highest BCUT2D eigenvalue weighted by atomic mass is 19.4. The van der Waals surface area contributed by atoms with Crippen LogP contribution >= 0.6 is 0 Å². The van der Waals surface area contributed by atoms with Gasteiger partial charge in [0, 0.05) is 13.1 Å². The molecule has 1 aromatic rings. The van der Waals surface area contributed by atoms with Gasteiger partial charge in [0.15, 0.2) is 0 Å². The second-order valence-corrected chi connectivity index (χ2v) is 5.40. The molecule has 1 aliphatic carbocycles. The Hall–Kier alpha value is -2.19. The van der Waals surface area contributed by atoms with Crippen molar-refractivity contribution in [3.63, 3.8) is 0 Å². The van der Waals surface area contributed by atoms with E-state index in [-0.39, 0.29) is 30.3 Å². The number of alkyl halides is 3. The fourth-order valence-electron chi connectivity index (χ4n) is 2.62. The summed E-state index contributed by atoms with van der Waals surface area (Å²) in [6.45, 7) is -1.52. The summed E-state index contributed by atoms with van der Waals surface area (Å²) in [4.78, 5) is 23.7. The van der Waals surface area contributed by atoms with Crippen LogP contribution in [0.25, 0.3) is 0 Å². The van der Waals surface area contributed by atoms with Gasteiger partial charge in [0.2, 0.25) is 0 Å². The monoisotopic (exact) mass is 336 g/mol. The van der Waals surface area contributed by atoms with Crippen molar-refractivity contribution in [2.24, 2.45) is 0 Å². The second kappa shape index (κ2) is 5.78. The van der Waals surface area contributed by atoms with Gasteiger partial charge in [-0.2, -0.15) is 13.2 Å². The quantitative estimate of drug-likeness (QED) is 0.681. The van der Waals surface area contributed by atoms with E-state index in [0.717, 1.165) is 13.1 Å². The summed E-state index contributed by atoms with van der Waals surface area (Å²) < 4.78 is 64.1. The zero-order valence-electron chi connectivity index (χ0n) is 12.0. The molecule has 1 unspecified atom stereocenters. The van der Waals surface area contributed by atoms with Crippen LogP contribution in [0.1, 0.15) is 17.5 Å². The van der Waals surface area contributed by atoms with Crippen molar-refractivity contribution in [1.29, 1.82) is 0 Å². The Kier molecular flexibility index (Phi) is 4.32. The minimum absolute atomic E-state index is 0.0577. The van der Waals surface area contributed by atoms with E-state index in [1.165, 1.54) is 0 Å². The van der Waals surface area contributed by atoms with E-state index in [0.29, 0.717) is 11.0 Å². The first-order chi connectivity index (χ1) is 10.6. The van der Waals surface area contributed by atoms with Crippen LogP contribution in [0.4, 0.5) is 26.7 Å².